The normalized spacial score (nSPS) is 25.9. The molecule has 188 valence electrons. The molecule has 9 nitrogen and oxygen atoms in total. The van der Waals surface area contributed by atoms with Crippen LogP contribution < -0.4 is 10.1 Å². The van der Waals surface area contributed by atoms with Gasteiger partial charge in [0, 0.05) is 48.3 Å². The van der Waals surface area contributed by atoms with Crippen LogP contribution in [0.3, 0.4) is 0 Å². The predicted molar refractivity (Wildman–Crippen MR) is 127 cm³/mol. The number of carbonyl (C=O) groups is 2. The number of piperidine rings is 2. The second kappa shape index (κ2) is 9.22. The maximum atomic E-state index is 14.3. The number of rotatable bonds is 5. The number of nitrogens with one attached hydrogen (secondary N) is 2. The van der Waals surface area contributed by atoms with E-state index in [4.69, 9.17) is 4.74 Å². The number of hydrogen-bond acceptors (Lipinski definition) is 6. The molecule has 1 spiro atoms. The summed E-state index contributed by atoms with van der Waals surface area (Å²) in [5.41, 5.74) is 0.568. The van der Waals surface area contributed by atoms with Crippen molar-refractivity contribution in [3.63, 3.8) is 0 Å². The summed E-state index contributed by atoms with van der Waals surface area (Å²) in [5, 5.41) is 10.2. The number of amides is 2. The minimum atomic E-state index is -0.541. The lowest BCUT2D eigenvalue weighted by atomic mass is 9.87. The zero-order chi connectivity index (χ0) is 24.7. The molecule has 2 aromatic rings. The number of aromatic nitrogens is 3. The zero-order valence-electron chi connectivity index (χ0n) is 20.5. The largest absolute Gasteiger partial charge is 0.481 e. The molecular formula is C25H33FN6O3. The first-order valence-corrected chi connectivity index (χ1v) is 12.4. The Bertz CT molecular complexity index is 1120. The Morgan fingerprint density at radius 2 is 2.06 bits per heavy atom. The van der Waals surface area contributed by atoms with Gasteiger partial charge in [-0.1, -0.05) is 0 Å². The third-order valence-electron chi connectivity index (χ3n) is 8.01. The highest BCUT2D eigenvalue weighted by Gasteiger charge is 2.54. The van der Waals surface area contributed by atoms with Crippen molar-refractivity contribution in [2.45, 2.75) is 63.1 Å². The molecule has 3 aliphatic rings. The number of hydrogen-bond donors (Lipinski definition) is 2. The van der Waals surface area contributed by atoms with E-state index in [2.05, 4.69) is 39.4 Å². The molecule has 35 heavy (non-hydrogen) atoms. The molecular weight excluding hydrogens is 451 g/mol. The second-order valence-electron chi connectivity index (χ2n) is 10.3. The summed E-state index contributed by atoms with van der Waals surface area (Å²) in [4.78, 5) is 34.5. The van der Waals surface area contributed by atoms with Gasteiger partial charge < -0.3 is 19.9 Å². The Hall–Kier alpha value is -3.01. The predicted octanol–water partition coefficient (Wildman–Crippen LogP) is 2.60. The maximum absolute atomic E-state index is 14.3. The summed E-state index contributed by atoms with van der Waals surface area (Å²) in [6, 6.07) is 3.76. The van der Waals surface area contributed by atoms with Crippen LogP contribution in [0.2, 0.25) is 0 Å². The van der Waals surface area contributed by atoms with E-state index in [1.165, 1.54) is 13.2 Å². The van der Waals surface area contributed by atoms with Crippen LogP contribution in [-0.4, -0.2) is 81.7 Å². The van der Waals surface area contributed by atoms with Gasteiger partial charge in [-0.2, -0.15) is 5.10 Å². The number of pyridine rings is 1. The van der Waals surface area contributed by atoms with Crippen LogP contribution in [0.25, 0.3) is 11.3 Å². The fourth-order valence-corrected chi connectivity index (χ4v) is 5.51. The summed E-state index contributed by atoms with van der Waals surface area (Å²) in [5.74, 6) is -0.405. The van der Waals surface area contributed by atoms with Crippen molar-refractivity contribution in [1.82, 2.24) is 30.3 Å². The number of ether oxygens (including phenoxy) is 1. The lowest BCUT2D eigenvalue weighted by molar-refractivity contribution is -0.128. The number of methoxy groups -OCH3 is 1. The van der Waals surface area contributed by atoms with Gasteiger partial charge in [-0.15, -0.1) is 0 Å². The van der Waals surface area contributed by atoms with Crippen molar-refractivity contribution in [2.24, 2.45) is 5.92 Å². The molecule has 3 fully saturated rings. The number of likely N-dealkylation sites (N-methyl/N-ethyl adjacent to an activating group) is 1. The average molecular weight is 485 g/mol. The zero-order valence-corrected chi connectivity index (χ0v) is 20.5. The summed E-state index contributed by atoms with van der Waals surface area (Å²) in [6.07, 6.45) is 6.26. The van der Waals surface area contributed by atoms with Crippen LogP contribution in [0.4, 0.5) is 4.39 Å². The third kappa shape index (κ3) is 4.63. The second-order valence-corrected chi connectivity index (χ2v) is 10.3. The molecule has 3 atom stereocenters. The summed E-state index contributed by atoms with van der Waals surface area (Å²) in [6.45, 7) is 3.61. The molecule has 4 heterocycles. The Morgan fingerprint density at radius 1 is 1.26 bits per heavy atom. The third-order valence-corrected chi connectivity index (χ3v) is 8.01. The Labute approximate surface area is 204 Å². The van der Waals surface area contributed by atoms with E-state index in [1.807, 2.05) is 4.90 Å². The van der Waals surface area contributed by atoms with E-state index in [9.17, 15) is 14.0 Å². The van der Waals surface area contributed by atoms with Gasteiger partial charge in [0.15, 0.2) is 5.82 Å². The quantitative estimate of drug-likeness (QED) is 0.676. The molecule has 2 aromatic heterocycles. The molecule has 10 heteroatoms. The number of nitrogens with zero attached hydrogens (tertiary/aromatic N) is 4. The van der Waals surface area contributed by atoms with Gasteiger partial charge in [0.25, 0.3) is 5.91 Å². The van der Waals surface area contributed by atoms with Gasteiger partial charge >= 0.3 is 0 Å². The smallest absolute Gasteiger partial charge is 0.272 e. The van der Waals surface area contributed by atoms with Crippen molar-refractivity contribution in [3.05, 3.63) is 29.8 Å². The van der Waals surface area contributed by atoms with Crippen LogP contribution in [-0.2, 0) is 4.79 Å². The van der Waals surface area contributed by atoms with Gasteiger partial charge in [0.05, 0.1) is 19.0 Å². The van der Waals surface area contributed by atoms with E-state index in [0.717, 1.165) is 38.4 Å². The molecule has 5 rings (SSSR count). The van der Waals surface area contributed by atoms with Crippen LogP contribution in [0, 0.1) is 11.7 Å². The Balaban J connectivity index is 1.24. The molecule has 0 radical (unpaired) electrons. The molecule has 2 amide bonds. The average Bonchev–Trinajstić information content (AvgIpc) is 3.42. The van der Waals surface area contributed by atoms with E-state index >= 15 is 0 Å². The summed E-state index contributed by atoms with van der Waals surface area (Å²) >= 11 is 0. The Kier molecular flexibility index (Phi) is 6.25. The van der Waals surface area contributed by atoms with Gasteiger partial charge in [-0.25, -0.2) is 9.37 Å². The molecule has 0 aromatic carbocycles. The van der Waals surface area contributed by atoms with Crippen molar-refractivity contribution in [2.75, 3.05) is 27.2 Å². The van der Waals surface area contributed by atoms with Gasteiger partial charge in [-0.05, 0) is 58.6 Å². The highest BCUT2D eigenvalue weighted by molar-refractivity contribution is 5.94. The number of aromatic amines is 1. The highest BCUT2D eigenvalue weighted by Crippen LogP contribution is 2.50. The van der Waals surface area contributed by atoms with E-state index in [1.54, 1.807) is 6.07 Å². The van der Waals surface area contributed by atoms with Crippen molar-refractivity contribution in [3.8, 4) is 17.1 Å². The number of halogens is 1. The summed E-state index contributed by atoms with van der Waals surface area (Å²) in [7, 11) is 3.56. The van der Waals surface area contributed by atoms with Crippen molar-refractivity contribution >= 4 is 11.8 Å². The monoisotopic (exact) mass is 484 g/mol. The molecule has 1 unspecified atom stereocenters. The first-order valence-electron chi connectivity index (χ1n) is 12.4. The molecule has 2 N–H and O–H groups in total. The fourth-order valence-electron chi connectivity index (χ4n) is 5.51. The molecule has 0 bridgehead atoms. The van der Waals surface area contributed by atoms with E-state index in [-0.39, 0.29) is 40.8 Å². The maximum Gasteiger partial charge on any atom is 0.272 e. The fraction of sp³-hybridized carbons (Fsp3) is 0.600. The molecule has 1 saturated carbocycles. The van der Waals surface area contributed by atoms with Gasteiger partial charge in [-0.3, -0.25) is 14.7 Å². The van der Waals surface area contributed by atoms with Crippen molar-refractivity contribution < 1.29 is 18.7 Å². The van der Waals surface area contributed by atoms with Crippen LogP contribution in [0.5, 0.6) is 5.88 Å². The highest BCUT2D eigenvalue weighted by atomic mass is 19.1. The van der Waals surface area contributed by atoms with Crippen molar-refractivity contribution in [1.29, 1.82) is 0 Å². The summed E-state index contributed by atoms with van der Waals surface area (Å²) < 4.78 is 19.4. The van der Waals surface area contributed by atoms with E-state index < -0.39 is 5.82 Å². The first-order chi connectivity index (χ1) is 16.8. The van der Waals surface area contributed by atoms with Crippen LogP contribution in [0.1, 0.15) is 55.9 Å². The SMILES string of the molecule is COc1cc(-c2cc(C(=O)N3CCC(C(=O)N[C@H]4CC[C@@H](C)N(C)C4)CC34CC4)[nH]n2)c(F)cn1. The lowest BCUT2D eigenvalue weighted by Gasteiger charge is -2.41. The van der Waals surface area contributed by atoms with E-state index in [0.29, 0.717) is 36.8 Å². The molecule has 2 saturated heterocycles. The lowest BCUT2D eigenvalue weighted by Crippen LogP contribution is -2.54. The molecule has 2 aliphatic heterocycles. The first kappa shape index (κ1) is 23.7. The molecule has 1 aliphatic carbocycles. The topological polar surface area (TPSA) is 103 Å². The number of likely N-dealkylation sites (tertiary alicyclic amines) is 2. The minimum Gasteiger partial charge on any atom is -0.481 e. The number of carbonyl (C=O) groups excluding carboxylic acids is 2. The van der Waals surface area contributed by atoms with Gasteiger partial charge in [0.2, 0.25) is 11.8 Å². The Morgan fingerprint density at radius 3 is 2.77 bits per heavy atom. The van der Waals surface area contributed by atoms with Crippen LogP contribution in [0.15, 0.2) is 18.3 Å². The van der Waals surface area contributed by atoms with Crippen LogP contribution >= 0.6 is 0 Å². The minimum absolute atomic E-state index is 0.0816. The van der Waals surface area contributed by atoms with Gasteiger partial charge in [0.1, 0.15) is 5.69 Å². The standard InChI is InChI=1S/C25H33FN6O3/c1-15-4-5-17(14-31(15)2)28-23(33)16-6-9-32(25(12-16)7-8-25)24(34)21-11-20(29-30-21)18-10-22(35-3)27-13-19(18)26/h10-11,13,15-17H,4-9,12,14H2,1-3H3,(H,28,33)(H,29,30)/t15-,16?,17+/m1/s1. The number of H-pyrrole nitrogens is 1.